The number of hydrogen-bond donors (Lipinski definition) is 2. The van der Waals surface area contributed by atoms with E-state index in [-0.39, 0.29) is 43.0 Å². The molecule has 1 saturated heterocycles. The lowest BCUT2D eigenvalue weighted by Gasteiger charge is -2.27. The highest BCUT2D eigenvalue weighted by molar-refractivity contribution is 6.23. The summed E-state index contributed by atoms with van der Waals surface area (Å²) in [5.41, 5.74) is 6.25. The van der Waals surface area contributed by atoms with E-state index in [0.29, 0.717) is 71.6 Å². The second kappa shape index (κ2) is 17.6. The first-order valence-corrected chi connectivity index (χ1v) is 12.5. The number of carbonyl (C=O) groups excluding carboxylic acids is 4. The molecule has 1 unspecified atom stereocenters. The second-order valence-electron chi connectivity index (χ2n) is 8.30. The minimum Gasteiger partial charge on any atom is -0.378 e. The zero-order valence-corrected chi connectivity index (χ0v) is 22.4. The fourth-order valence-corrected chi connectivity index (χ4v) is 3.77. The van der Waals surface area contributed by atoms with Crippen molar-refractivity contribution in [1.29, 1.82) is 0 Å². The molecule has 13 heteroatoms. The highest BCUT2D eigenvalue weighted by Gasteiger charge is 2.44. The van der Waals surface area contributed by atoms with Crippen LogP contribution in [0.4, 0.5) is 0 Å². The first-order valence-electron chi connectivity index (χ1n) is 12.5. The third-order valence-corrected chi connectivity index (χ3v) is 5.60. The van der Waals surface area contributed by atoms with Crippen molar-refractivity contribution in [2.24, 2.45) is 5.73 Å². The van der Waals surface area contributed by atoms with Crippen molar-refractivity contribution in [3.63, 3.8) is 0 Å². The number of amides is 4. The third-order valence-electron chi connectivity index (χ3n) is 5.60. The number of hydrogen-bond acceptors (Lipinski definition) is 10. The van der Waals surface area contributed by atoms with Gasteiger partial charge in [0.05, 0.1) is 70.6 Å². The van der Waals surface area contributed by atoms with E-state index in [0.717, 1.165) is 4.90 Å². The van der Waals surface area contributed by atoms with E-state index in [4.69, 9.17) is 29.4 Å². The SMILES string of the molecule is Cl.NCCOCCOCCOCCOCCOCC#Cc1ccc2c(c1)C(=O)N(C1CCC(=O)NC1=O)C2=O. The number of imide groups is 2. The number of piperidine rings is 1. The van der Waals surface area contributed by atoms with E-state index < -0.39 is 29.7 Å². The normalized spacial score (nSPS) is 16.4. The molecule has 0 radical (unpaired) electrons. The van der Waals surface area contributed by atoms with Gasteiger partial charge in [-0.25, -0.2) is 0 Å². The van der Waals surface area contributed by atoms with Crippen LogP contribution in [0.25, 0.3) is 0 Å². The van der Waals surface area contributed by atoms with E-state index in [1.54, 1.807) is 6.07 Å². The summed E-state index contributed by atoms with van der Waals surface area (Å²) in [4.78, 5) is 50.0. The highest BCUT2D eigenvalue weighted by atomic mass is 35.5. The minimum atomic E-state index is -0.997. The molecule has 0 saturated carbocycles. The van der Waals surface area contributed by atoms with Crippen LogP contribution in [0.1, 0.15) is 39.1 Å². The van der Waals surface area contributed by atoms with Gasteiger partial charge in [-0.2, -0.15) is 0 Å². The van der Waals surface area contributed by atoms with Gasteiger partial charge in [0.25, 0.3) is 11.8 Å². The van der Waals surface area contributed by atoms with Crippen molar-refractivity contribution in [2.45, 2.75) is 18.9 Å². The van der Waals surface area contributed by atoms with Gasteiger partial charge in [0.15, 0.2) is 0 Å². The number of nitrogens with one attached hydrogen (secondary N) is 1. The lowest BCUT2D eigenvalue weighted by Crippen LogP contribution is -2.54. The average molecular weight is 568 g/mol. The van der Waals surface area contributed by atoms with Crippen LogP contribution in [-0.2, 0) is 33.3 Å². The third kappa shape index (κ3) is 9.98. The van der Waals surface area contributed by atoms with E-state index in [2.05, 4.69) is 17.2 Å². The molecular formula is C26H34ClN3O9. The van der Waals surface area contributed by atoms with Crippen molar-refractivity contribution in [3.05, 3.63) is 34.9 Å². The summed E-state index contributed by atoms with van der Waals surface area (Å²) >= 11 is 0. The van der Waals surface area contributed by atoms with Crippen LogP contribution in [0.3, 0.4) is 0 Å². The molecule has 0 aliphatic carbocycles. The Bertz CT molecular complexity index is 1060. The maximum atomic E-state index is 12.8. The highest BCUT2D eigenvalue weighted by Crippen LogP contribution is 2.28. The summed E-state index contributed by atoms with van der Waals surface area (Å²) in [5.74, 6) is 3.58. The molecular weight excluding hydrogens is 534 g/mol. The Hall–Kier alpha value is -2.89. The molecule has 2 heterocycles. The number of nitrogens with two attached hydrogens (primary N) is 1. The molecule has 2 aliphatic rings. The molecule has 12 nitrogen and oxygen atoms in total. The number of benzene rings is 1. The van der Waals surface area contributed by atoms with E-state index in [1.807, 2.05) is 0 Å². The van der Waals surface area contributed by atoms with Crippen LogP contribution in [0.15, 0.2) is 18.2 Å². The Kier molecular flexibility index (Phi) is 14.6. The Labute approximate surface area is 233 Å². The Balaban J connectivity index is 0.00000533. The molecule has 1 aromatic carbocycles. The van der Waals surface area contributed by atoms with Crippen LogP contribution < -0.4 is 11.1 Å². The van der Waals surface area contributed by atoms with Crippen LogP contribution in [0, 0.1) is 11.8 Å². The van der Waals surface area contributed by atoms with Gasteiger partial charge in [-0.05, 0) is 24.6 Å². The number of rotatable bonds is 16. The molecule has 0 spiro atoms. The zero-order chi connectivity index (χ0) is 27.2. The molecule has 39 heavy (non-hydrogen) atoms. The average Bonchev–Trinajstić information content (AvgIpc) is 3.15. The van der Waals surface area contributed by atoms with Gasteiger partial charge in [-0.1, -0.05) is 11.8 Å². The summed E-state index contributed by atoms with van der Waals surface area (Å²) in [6.07, 6.45) is 0.181. The number of carbonyl (C=O) groups is 4. The van der Waals surface area contributed by atoms with Crippen molar-refractivity contribution >= 4 is 36.0 Å². The van der Waals surface area contributed by atoms with E-state index in [9.17, 15) is 19.2 Å². The van der Waals surface area contributed by atoms with Gasteiger partial charge in [0, 0.05) is 18.5 Å². The smallest absolute Gasteiger partial charge is 0.262 e. The fourth-order valence-electron chi connectivity index (χ4n) is 3.77. The topological polar surface area (TPSA) is 156 Å². The van der Waals surface area contributed by atoms with Crippen LogP contribution in [0.2, 0.25) is 0 Å². The molecule has 3 N–H and O–H groups in total. The van der Waals surface area contributed by atoms with Crippen molar-refractivity contribution in [3.8, 4) is 11.8 Å². The lowest BCUT2D eigenvalue weighted by molar-refractivity contribution is -0.136. The quantitative estimate of drug-likeness (QED) is 0.157. The van der Waals surface area contributed by atoms with E-state index >= 15 is 0 Å². The van der Waals surface area contributed by atoms with Gasteiger partial charge in [-0.3, -0.25) is 29.4 Å². The van der Waals surface area contributed by atoms with Crippen LogP contribution in [0.5, 0.6) is 0 Å². The largest absolute Gasteiger partial charge is 0.378 e. The molecule has 0 bridgehead atoms. The molecule has 2 aliphatic heterocycles. The Morgan fingerprint density at radius 3 is 1.97 bits per heavy atom. The monoisotopic (exact) mass is 567 g/mol. The number of halogens is 1. The number of nitrogens with zero attached hydrogens (tertiary/aromatic N) is 1. The molecule has 1 aromatic rings. The van der Waals surface area contributed by atoms with Gasteiger partial charge in [-0.15, -0.1) is 12.4 Å². The summed E-state index contributed by atoms with van der Waals surface area (Å²) in [7, 11) is 0. The second-order valence-corrected chi connectivity index (χ2v) is 8.30. The van der Waals surface area contributed by atoms with E-state index in [1.165, 1.54) is 12.1 Å². The van der Waals surface area contributed by atoms with Gasteiger partial charge in [0.1, 0.15) is 12.6 Å². The van der Waals surface area contributed by atoms with Gasteiger partial charge >= 0.3 is 0 Å². The molecule has 0 aromatic heterocycles. The zero-order valence-electron chi connectivity index (χ0n) is 21.6. The van der Waals surface area contributed by atoms with Gasteiger partial charge < -0.3 is 29.4 Å². The predicted octanol–water partition coefficient (Wildman–Crippen LogP) is -0.0972. The summed E-state index contributed by atoms with van der Waals surface area (Å²) < 4.78 is 26.8. The number of fused-ring (bicyclic) bond motifs is 1. The van der Waals surface area contributed by atoms with Crippen LogP contribution in [-0.4, -0.2) is 107 Å². The molecule has 4 amide bonds. The summed E-state index contributed by atoms with van der Waals surface area (Å²) in [6, 6.07) is 3.68. The summed E-state index contributed by atoms with van der Waals surface area (Å²) in [6.45, 7) is 4.83. The lowest BCUT2D eigenvalue weighted by atomic mass is 10.0. The molecule has 1 atom stereocenters. The summed E-state index contributed by atoms with van der Waals surface area (Å²) in [5, 5.41) is 2.17. The van der Waals surface area contributed by atoms with Gasteiger partial charge in [0.2, 0.25) is 11.8 Å². The standard InChI is InChI=1S/C26H33N3O9.ClH/c27-7-9-35-11-13-37-15-17-38-16-14-36-12-10-34-8-1-2-19-3-4-20-21(18-19)26(33)29(25(20)32)22-5-6-23(30)28-24(22)31;/h3-4,18,22H,5-17,27H2,(H,28,30,31);1H. The van der Waals surface area contributed by atoms with Crippen molar-refractivity contribution in [2.75, 3.05) is 72.6 Å². The first kappa shape index (κ1) is 32.3. The minimum absolute atomic E-state index is 0. The fraction of sp³-hybridized carbons (Fsp3) is 0.538. The molecule has 3 rings (SSSR count). The Morgan fingerprint density at radius 2 is 1.38 bits per heavy atom. The molecule has 214 valence electrons. The maximum Gasteiger partial charge on any atom is 0.262 e. The molecule has 1 fully saturated rings. The maximum absolute atomic E-state index is 12.8. The van der Waals surface area contributed by atoms with Crippen LogP contribution >= 0.6 is 12.4 Å². The Morgan fingerprint density at radius 1 is 0.821 bits per heavy atom. The first-order chi connectivity index (χ1) is 18.5. The predicted molar refractivity (Wildman–Crippen MR) is 140 cm³/mol. The number of ether oxygens (including phenoxy) is 5. The van der Waals surface area contributed by atoms with Crippen molar-refractivity contribution in [1.82, 2.24) is 10.2 Å². The van der Waals surface area contributed by atoms with Crippen molar-refractivity contribution < 1.29 is 42.9 Å².